The van der Waals surface area contributed by atoms with Gasteiger partial charge >= 0.3 is 0 Å². The van der Waals surface area contributed by atoms with E-state index in [9.17, 15) is 0 Å². The zero-order valence-corrected chi connectivity index (χ0v) is 10.7. The second-order valence-electron chi connectivity index (χ2n) is 3.13. The topological polar surface area (TPSA) is 48.7 Å². The molecule has 0 amide bonds. The van der Waals surface area contributed by atoms with Crippen molar-refractivity contribution in [1.82, 2.24) is 4.98 Å². The van der Waals surface area contributed by atoms with Crippen LogP contribution in [-0.4, -0.2) is 4.98 Å². The van der Waals surface area contributed by atoms with Gasteiger partial charge in [0.05, 0.1) is 17.6 Å². The normalized spacial score (nSPS) is 9.75. The number of hydrogen-bond acceptors (Lipinski definition) is 4. The molecule has 0 radical (unpaired) electrons. The third-order valence-corrected chi connectivity index (χ3v) is 3.48. The summed E-state index contributed by atoms with van der Waals surface area (Å²) in [5, 5.41) is 12.1. The lowest BCUT2D eigenvalue weighted by Gasteiger charge is -2.05. The van der Waals surface area contributed by atoms with Crippen LogP contribution in [0.2, 0.25) is 0 Å². The van der Waals surface area contributed by atoms with E-state index in [1.807, 2.05) is 23.8 Å². The molecular weight excluding hydrogens is 286 g/mol. The molecule has 1 N–H and O–H groups in total. The van der Waals surface area contributed by atoms with Crippen molar-refractivity contribution >= 4 is 33.0 Å². The average molecular weight is 294 g/mol. The Morgan fingerprint density at radius 1 is 1.50 bits per heavy atom. The van der Waals surface area contributed by atoms with E-state index >= 15 is 0 Å². The Kier molecular flexibility index (Phi) is 3.54. The Bertz CT molecular complexity index is 517. The number of halogens is 1. The van der Waals surface area contributed by atoms with Crippen molar-refractivity contribution in [3.63, 3.8) is 0 Å². The predicted molar refractivity (Wildman–Crippen MR) is 68.3 cm³/mol. The number of rotatable bonds is 3. The van der Waals surface area contributed by atoms with Crippen LogP contribution in [-0.2, 0) is 6.54 Å². The minimum atomic E-state index is 0.642. The highest BCUT2D eigenvalue weighted by molar-refractivity contribution is 9.10. The van der Waals surface area contributed by atoms with Gasteiger partial charge in [-0.3, -0.25) is 4.98 Å². The molecular formula is C11H8BrN3S. The van der Waals surface area contributed by atoms with Crippen LogP contribution in [0.1, 0.15) is 10.4 Å². The highest BCUT2D eigenvalue weighted by atomic mass is 79.9. The molecule has 16 heavy (non-hydrogen) atoms. The predicted octanol–water partition coefficient (Wildman–Crippen LogP) is 3.39. The third-order valence-electron chi connectivity index (χ3n) is 2.04. The first kappa shape index (κ1) is 11.1. The molecule has 0 atom stereocenters. The van der Waals surface area contributed by atoms with Gasteiger partial charge in [-0.2, -0.15) is 5.26 Å². The van der Waals surface area contributed by atoms with Crippen LogP contribution < -0.4 is 5.32 Å². The van der Waals surface area contributed by atoms with Gasteiger partial charge in [0.25, 0.3) is 0 Å². The molecule has 0 aliphatic rings. The molecule has 0 aliphatic carbocycles. The SMILES string of the molecule is N#Cc1ccc(NCc2cncs2)cc1Br. The van der Waals surface area contributed by atoms with E-state index in [-0.39, 0.29) is 0 Å². The lowest BCUT2D eigenvalue weighted by atomic mass is 10.2. The van der Waals surface area contributed by atoms with Gasteiger partial charge in [-0.1, -0.05) is 0 Å². The van der Waals surface area contributed by atoms with Crippen LogP contribution in [0.15, 0.2) is 34.4 Å². The van der Waals surface area contributed by atoms with Crippen molar-refractivity contribution < 1.29 is 0 Å². The van der Waals surface area contributed by atoms with Crippen LogP contribution in [0.25, 0.3) is 0 Å². The molecule has 0 unspecified atom stereocenters. The Labute approximate surface area is 106 Å². The quantitative estimate of drug-likeness (QED) is 0.944. The lowest BCUT2D eigenvalue weighted by molar-refractivity contribution is 1.17. The average Bonchev–Trinajstić information content (AvgIpc) is 2.79. The van der Waals surface area contributed by atoms with Crippen LogP contribution in [0.3, 0.4) is 0 Å². The van der Waals surface area contributed by atoms with Crippen LogP contribution in [0, 0.1) is 11.3 Å². The number of benzene rings is 1. The Morgan fingerprint density at radius 3 is 3.00 bits per heavy atom. The van der Waals surface area contributed by atoms with Crippen molar-refractivity contribution in [1.29, 1.82) is 5.26 Å². The lowest BCUT2D eigenvalue weighted by Crippen LogP contribution is -1.97. The molecule has 1 heterocycles. The number of hydrogen-bond donors (Lipinski definition) is 1. The van der Waals surface area contributed by atoms with Gasteiger partial charge in [-0.15, -0.1) is 11.3 Å². The fraction of sp³-hybridized carbons (Fsp3) is 0.0909. The number of aromatic nitrogens is 1. The van der Waals surface area contributed by atoms with E-state index in [0.29, 0.717) is 5.56 Å². The summed E-state index contributed by atoms with van der Waals surface area (Å²) in [7, 11) is 0. The smallest absolute Gasteiger partial charge is 0.100 e. The summed E-state index contributed by atoms with van der Waals surface area (Å²) < 4.78 is 0.810. The van der Waals surface area contributed by atoms with Crippen molar-refractivity contribution in [3.05, 3.63) is 44.8 Å². The molecule has 1 aromatic carbocycles. The van der Waals surface area contributed by atoms with E-state index in [1.54, 1.807) is 17.4 Å². The highest BCUT2D eigenvalue weighted by Gasteiger charge is 2.00. The molecule has 0 spiro atoms. The van der Waals surface area contributed by atoms with Gasteiger partial charge in [-0.05, 0) is 34.1 Å². The summed E-state index contributed by atoms with van der Waals surface area (Å²) >= 11 is 4.97. The van der Waals surface area contributed by atoms with Crippen molar-refractivity contribution in [3.8, 4) is 6.07 Å². The van der Waals surface area contributed by atoms with E-state index in [4.69, 9.17) is 5.26 Å². The largest absolute Gasteiger partial charge is 0.380 e. The molecule has 0 saturated heterocycles. The second-order valence-corrected chi connectivity index (χ2v) is 4.95. The summed E-state index contributed by atoms with van der Waals surface area (Å²) in [4.78, 5) is 5.19. The Hall–Kier alpha value is -1.38. The van der Waals surface area contributed by atoms with Gasteiger partial charge in [0.15, 0.2) is 0 Å². The van der Waals surface area contributed by atoms with Crippen LogP contribution >= 0.6 is 27.3 Å². The van der Waals surface area contributed by atoms with E-state index in [1.165, 1.54) is 4.88 Å². The van der Waals surface area contributed by atoms with Crippen LogP contribution in [0.5, 0.6) is 0 Å². The van der Waals surface area contributed by atoms with E-state index in [2.05, 4.69) is 32.3 Å². The number of anilines is 1. The minimum Gasteiger partial charge on any atom is -0.380 e. The zero-order chi connectivity index (χ0) is 11.4. The fourth-order valence-corrected chi connectivity index (χ4v) is 2.24. The van der Waals surface area contributed by atoms with Gasteiger partial charge in [0.1, 0.15) is 6.07 Å². The third kappa shape index (κ3) is 2.60. The number of thiazole rings is 1. The molecule has 0 bridgehead atoms. The molecule has 0 aliphatic heterocycles. The first-order valence-electron chi connectivity index (χ1n) is 4.60. The summed E-state index contributed by atoms with van der Waals surface area (Å²) in [6.45, 7) is 0.753. The molecule has 3 nitrogen and oxygen atoms in total. The summed E-state index contributed by atoms with van der Waals surface area (Å²) in [6, 6.07) is 7.70. The molecule has 2 rings (SSSR count). The first-order valence-corrected chi connectivity index (χ1v) is 6.28. The van der Waals surface area contributed by atoms with Crippen molar-refractivity contribution in [2.24, 2.45) is 0 Å². The maximum atomic E-state index is 8.78. The molecule has 5 heteroatoms. The minimum absolute atomic E-state index is 0.642. The zero-order valence-electron chi connectivity index (χ0n) is 8.27. The molecule has 1 aromatic heterocycles. The molecule has 0 fully saturated rings. The highest BCUT2D eigenvalue weighted by Crippen LogP contribution is 2.21. The monoisotopic (exact) mass is 293 g/mol. The fourth-order valence-electron chi connectivity index (χ4n) is 1.23. The van der Waals surface area contributed by atoms with Gasteiger partial charge < -0.3 is 5.32 Å². The molecule has 80 valence electrons. The van der Waals surface area contributed by atoms with Crippen LogP contribution in [0.4, 0.5) is 5.69 Å². The Morgan fingerprint density at radius 2 is 2.38 bits per heavy atom. The van der Waals surface area contributed by atoms with Gasteiger partial charge in [0.2, 0.25) is 0 Å². The van der Waals surface area contributed by atoms with E-state index in [0.717, 1.165) is 16.7 Å². The number of nitrogens with zero attached hydrogens (tertiary/aromatic N) is 2. The number of nitriles is 1. The molecule has 0 saturated carbocycles. The van der Waals surface area contributed by atoms with Crippen molar-refractivity contribution in [2.45, 2.75) is 6.54 Å². The Balaban J connectivity index is 2.06. The van der Waals surface area contributed by atoms with Crippen molar-refractivity contribution in [2.75, 3.05) is 5.32 Å². The summed E-state index contributed by atoms with van der Waals surface area (Å²) in [5.74, 6) is 0. The number of nitrogens with one attached hydrogen (secondary N) is 1. The first-order chi connectivity index (χ1) is 7.79. The summed E-state index contributed by atoms with van der Waals surface area (Å²) in [6.07, 6.45) is 1.84. The van der Waals surface area contributed by atoms with Gasteiger partial charge in [-0.25, -0.2) is 0 Å². The second kappa shape index (κ2) is 5.10. The molecule has 2 aromatic rings. The summed E-state index contributed by atoms with van der Waals surface area (Å²) in [5.41, 5.74) is 3.44. The van der Waals surface area contributed by atoms with E-state index < -0.39 is 0 Å². The van der Waals surface area contributed by atoms with Gasteiger partial charge in [0, 0.05) is 21.2 Å². The maximum absolute atomic E-state index is 8.78. The standard InChI is InChI=1S/C11H8BrN3S/c12-11-3-9(2-1-8(11)4-13)15-6-10-5-14-7-16-10/h1-3,5,7,15H,6H2. The maximum Gasteiger partial charge on any atom is 0.100 e.